The molecule has 1 aliphatic carbocycles. The molecule has 0 bridgehead atoms. The van der Waals surface area contributed by atoms with Crippen molar-refractivity contribution in [3.8, 4) is 6.07 Å². The molecule has 3 nitrogen and oxygen atoms in total. The third-order valence-electron chi connectivity index (χ3n) is 4.74. The molecule has 1 aromatic carbocycles. The normalized spacial score (nSPS) is 30.8. The summed E-state index contributed by atoms with van der Waals surface area (Å²) in [5.41, 5.74) is 1.61. The van der Waals surface area contributed by atoms with Gasteiger partial charge in [-0.3, -0.25) is 0 Å². The van der Waals surface area contributed by atoms with Gasteiger partial charge in [0.05, 0.1) is 28.4 Å². The molecule has 2 fully saturated rings. The number of benzene rings is 1. The summed E-state index contributed by atoms with van der Waals surface area (Å²) in [7, 11) is 0. The molecule has 1 saturated carbocycles. The van der Waals surface area contributed by atoms with Crippen molar-refractivity contribution < 1.29 is 4.74 Å². The zero-order chi connectivity index (χ0) is 14.3. The lowest BCUT2D eigenvalue weighted by molar-refractivity contribution is -0.177. The number of nitriles is 1. The first-order chi connectivity index (χ1) is 9.54. The zero-order valence-corrected chi connectivity index (χ0v) is 12.6. The van der Waals surface area contributed by atoms with E-state index in [1.54, 1.807) is 12.1 Å². The summed E-state index contributed by atoms with van der Waals surface area (Å²) in [4.78, 5) is 0. The Bertz CT molecular complexity index is 564. The van der Waals surface area contributed by atoms with Gasteiger partial charge in [-0.1, -0.05) is 25.4 Å². The Morgan fingerprint density at radius 3 is 2.95 bits per heavy atom. The van der Waals surface area contributed by atoms with Gasteiger partial charge in [-0.25, -0.2) is 0 Å². The molecule has 1 aliphatic heterocycles. The van der Waals surface area contributed by atoms with Crippen LogP contribution in [0.25, 0.3) is 0 Å². The Kier molecular flexibility index (Phi) is 3.40. The predicted molar refractivity (Wildman–Crippen MR) is 79.8 cm³/mol. The maximum Gasteiger partial charge on any atom is 0.0992 e. The van der Waals surface area contributed by atoms with E-state index in [1.807, 2.05) is 6.07 Å². The number of nitrogens with zero attached hydrogens (tertiary/aromatic N) is 1. The minimum absolute atomic E-state index is 0.113. The monoisotopic (exact) mass is 290 g/mol. The molecule has 1 N–H and O–H groups in total. The highest BCUT2D eigenvalue weighted by Gasteiger charge is 2.57. The summed E-state index contributed by atoms with van der Waals surface area (Å²) in [6.45, 7) is 5.37. The van der Waals surface area contributed by atoms with Crippen molar-refractivity contribution in [2.75, 3.05) is 11.9 Å². The second kappa shape index (κ2) is 4.95. The van der Waals surface area contributed by atoms with Crippen molar-refractivity contribution in [3.05, 3.63) is 28.8 Å². The highest BCUT2D eigenvalue weighted by atomic mass is 35.5. The molecule has 106 valence electrons. The highest BCUT2D eigenvalue weighted by molar-refractivity contribution is 6.33. The van der Waals surface area contributed by atoms with Crippen molar-refractivity contribution in [3.63, 3.8) is 0 Å². The summed E-state index contributed by atoms with van der Waals surface area (Å²) in [5, 5.41) is 13.1. The van der Waals surface area contributed by atoms with Crippen LogP contribution in [0.2, 0.25) is 5.02 Å². The molecule has 2 aliphatic rings. The van der Waals surface area contributed by atoms with Crippen molar-refractivity contribution in [1.29, 1.82) is 5.26 Å². The summed E-state index contributed by atoms with van der Waals surface area (Å²) in [6, 6.07) is 7.89. The second-order valence-electron chi connectivity index (χ2n) is 6.35. The van der Waals surface area contributed by atoms with Gasteiger partial charge in [-0.2, -0.15) is 5.26 Å². The largest absolute Gasteiger partial charge is 0.380 e. The average molecular weight is 291 g/mol. The Morgan fingerprint density at radius 1 is 1.45 bits per heavy atom. The topological polar surface area (TPSA) is 45.0 Å². The predicted octanol–water partition coefficient (Wildman–Crippen LogP) is 3.83. The van der Waals surface area contributed by atoms with Crippen molar-refractivity contribution in [1.82, 2.24) is 0 Å². The van der Waals surface area contributed by atoms with Crippen LogP contribution < -0.4 is 5.32 Å². The number of ether oxygens (including phenoxy) is 1. The first-order valence-corrected chi connectivity index (χ1v) is 7.49. The molecular formula is C16H19ClN2O. The molecule has 1 saturated heterocycles. The number of fused-ring (bicyclic) bond motifs is 1. The van der Waals surface area contributed by atoms with E-state index < -0.39 is 0 Å². The van der Waals surface area contributed by atoms with E-state index in [9.17, 15) is 0 Å². The van der Waals surface area contributed by atoms with Crippen molar-refractivity contribution in [2.45, 2.75) is 38.8 Å². The van der Waals surface area contributed by atoms with Gasteiger partial charge in [-0.15, -0.1) is 0 Å². The van der Waals surface area contributed by atoms with Crippen LogP contribution in [-0.2, 0) is 4.74 Å². The second-order valence-corrected chi connectivity index (χ2v) is 6.75. The fourth-order valence-corrected chi connectivity index (χ4v) is 3.92. The quantitative estimate of drug-likeness (QED) is 0.900. The minimum Gasteiger partial charge on any atom is -0.380 e. The number of nitrogens with one attached hydrogen (secondary N) is 1. The molecule has 0 radical (unpaired) electrons. The molecule has 0 aromatic heterocycles. The molecule has 0 amide bonds. The van der Waals surface area contributed by atoms with Gasteiger partial charge in [0.25, 0.3) is 0 Å². The highest BCUT2D eigenvalue weighted by Crippen LogP contribution is 2.52. The van der Waals surface area contributed by atoms with E-state index in [0.717, 1.165) is 18.7 Å². The van der Waals surface area contributed by atoms with Crippen LogP contribution in [0.4, 0.5) is 5.69 Å². The van der Waals surface area contributed by atoms with E-state index in [0.29, 0.717) is 28.6 Å². The van der Waals surface area contributed by atoms with Gasteiger partial charge in [0.2, 0.25) is 0 Å². The lowest BCUT2D eigenvalue weighted by Crippen LogP contribution is -2.67. The van der Waals surface area contributed by atoms with Crippen LogP contribution in [0, 0.1) is 22.7 Å². The summed E-state index contributed by atoms with van der Waals surface area (Å²) >= 11 is 6.26. The van der Waals surface area contributed by atoms with Gasteiger partial charge in [0.15, 0.2) is 0 Å². The molecule has 1 heterocycles. The summed E-state index contributed by atoms with van der Waals surface area (Å²) in [6.07, 6.45) is 2.70. The SMILES string of the molecule is CC1(C)C(Nc2ccc(C#N)cc2Cl)C2CCCOC21. The van der Waals surface area contributed by atoms with Gasteiger partial charge < -0.3 is 10.1 Å². The fraction of sp³-hybridized carbons (Fsp3) is 0.562. The summed E-state index contributed by atoms with van der Waals surface area (Å²) in [5.74, 6) is 0.561. The van der Waals surface area contributed by atoms with E-state index in [-0.39, 0.29) is 5.41 Å². The Labute approximate surface area is 124 Å². The van der Waals surface area contributed by atoms with Crippen LogP contribution in [0.5, 0.6) is 0 Å². The lowest BCUT2D eigenvalue weighted by Gasteiger charge is -2.60. The van der Waals surface area contributed by atoms with Crippen LogP contribution in [0.15, 0.2) is 18.2 Å². The fourth-order valence-electron chi connectivity index (χ4n) is 3.68. The van der Waals surface area contributed by atoms with Crippen LogP contribution in [0.1, 0.15) is 32.3 Å². The van der Waals surface area contributed by atoms with Gasteiger partial charge in [0, 0.05) is 24.0 Å². The van der Waals surface area contributed by atoms with Gasteiger partial charge in [0.1, 0.15) is 0 Å². The van der Waals surface area contributed by atoms with Crippen molar-refractivity contribution in [2.24, 2.45) is 11.3 Å². The lowest BCUT2D eigenvalue weighted by atomic mass is 9.55. The smallest absolute Gasteiger partial charge is 0.0992 e. The molecule has 3 unspecified atom stereocenters. The van der Waals surface area contributed by atoms with E-state index >= 15 is 0 Å². The van der Waals surface area contributed by atoms with Gasteiger partial charge in [-0.05, 0) is 31.0 Å². The van der Waals surface area contributed by atoms with Crippen LogP contribution >= 0.6 is 11.6 Å². The Balaban J connectivity index is 1.79. The van der Waals surface area contributed by atoms with Crippen LogP contribution in [0.3, 0.4) is 0 Å². The third-order valence-corrected chi connectivity index (χ3v) is 5.05. The van der Waals surface area contributed by atoms with Crippen molar-refractivity contribution >= 4 is 17.3 Å². The number of hydrogen-bond acceptors (Lipinski definition) is 3. The average Bonchev–Trinajstić information content (AvgIpc) is 2.45. The van der Waals surface area contributed by atoms with Crippen LogP contribution in [-0.4, -0.2) is 18.8 Å². The standard InChI is InChI=1S/C16H19ClN2O/c1-16(2)14(11-4-3-7-20-15(11)16)19-13-6-5-10(9-18)8-12(13)17/h5-6,8,11,14-15,19H,3-4,7H2,1-2H3. The molecule has 20 heavy (non-hydrogen) atoms. The zero-order valence-electron chi connectivity index (χ0n) is 11.8. The molecule has 1 aromatic rings. The maximum atomic E-state index is 8.88. The number of halogens is 1. The minimum atomic E-state index is 0.113. The van der Waals surface area contributed by atoms with E-state index in [2.05, 4.69) is 25.2 Å². The summed E-state index contributed by atoms with van der Waals surface area (Å²) < 4.78 is 5.91. The Hall–Kier alpha value is -1.24. The molecular weight excluding hydrogens is 272 g/mol. The first-order valence-electron chi connectivity index (χ1n) is 7.12. The molecule has 3 atom stereocenters. The number of rotatable bonds is 2. The maximum absolute atomic E-state index is 8.88. The first kappa shape index (κ1) is 13.7. The Morgan fingerprint density at radius 2 is 2.25 bits per heavy atom. The van der Waals surface area contributed by atoms with Gasteiger partial charge >= 0.3 is 0 Å². The molecule has 0 spiro atoms. The third kappa shape index (κ3) is 2.08. The molecule has 3 rings (SSSR count). The van der Waals surface area contributed by atoms with E-state index in [1.165, 1.54) is 6.42 Å². The molecule has 4 heteroatoms. The van der Waals surface area contributed by atoms with E-state index in [4.69, 9.17) is 21.6 Å². The number of hydrogen-bond donors (Lipinski definition) is 1. The number of anilines is 1.